The maximum atomic E-state index is 13.9. The second-order valence-electron chi connectivity index (χ2n) is 9.77. The summed E-state index contributed by atoms with van der Waals surface area (Å²) in [5, 5.41) is 0. The Balaban J connectivity index is 1.55. The standard InChI is InChI=1S/C33H31FN2O5S/c1-5-39-27-17-22(12-15-26(27)41-19-23-8-7-9-25(34)16-23)18-28-31(37)36-30(24-13-10-20(3)11-14-24)29(32(38)40-6-2)21(4)35-33(36)42-28/h7-18,30H,5-6,19H2,1-4H3/b28-18+/t30-/m1/s1. The molecule has 5 rings (SSSR count). The smallest absolute Gasteiger partial charge is 0.338 e. The van der Waals surface area contributed by atoms with Crippen LogP contribution < -0.4 is 24.4 Å². The van der Waals surface area contributed by atoms with Crippen LogP contribution in [0.5, 0.6) is 11.5 Å². The first-order valence-corrected chi connectivity index (χ1v) is 14.5. The highest BCUT2D eigenvalue weighted by molar-refractivity contribution is 7.07. The first kappa shape index (κ1) is 29.0. The van der Waals surface area contributed by atoms with Gasteiger partial charge in [0.05, 0.1) is 35.1 Å². The van der Waals surface area contributed by atoms with Crippen LogP contribution in [0.4, 0.5) is 4.39 Å². The van der Waals surface area contributed by atoms with E-state index in [2.05, 4.69) is 4.99 Å². The van der Waals surface area contributed by atoms with Crippen molar-refractivity contribution in [3.05, 3.63) is 126 Å². The summed E-state index contributed by atoms with van der Waals surface area (Å²) in [4.78, 5) is 32.1. The molecular weight excluding hydrogens is 555 g/mol. The fourth-order valence-corrected chi connectivity index (χ4v) is 5.84. The van der Waals surface area contributed by atoms with E-state index < -0.39 is 12.0 Å². The van der Waals surface area contributed by atoms with Crippen molar-refractivity contribution < 1.29 is 23.4 Å². The molecule has 9 heteroatoms. The maximum Gasteiger partial charge on any atom is 0.338 e. The molecule has 2 heterocycles. The van der Waals surface area contributed by atoms with E-state index in [1.807, 2.05) is 44.2 Å². The second kappa shape index (κ2) is 12.6. The lowest BCUT2D eigenvalue weighted by Gasteiger charge is -2.24. The Morgan fingerprint density at radius 2 is 1.79 bits per heavy atom. The summed E-state index contributed by atoms with van der Waals surface area (Å²) in [6.45, 7) is 8.17. The molecular formula is C33H31FN2O5S. The average Bonchev–Trinajstić information content (AvgIpc) is 3.26. The first-order chi connectivity index (χ1) is 20.3. The predicted octanol–water partition coefficient (Wildman–Crippen LogP) is 5.22. The number of carbonyl (C=O) groups excluding carboxylic acids is 1. The molecule has 1 atom stereocenters. The van der Waals surface area contributed by atoms with Crippen molar-refractivity contribution in [1.29, 1.82) is 0 Å². The summed E-state index contributed by atoms with van der Waals surface area (Å²) >= 11 is 1.26. The number of aromatic nitrogens is 1. The van der Waals surface area contributed by atoms with Crippen molar-refractivity contribution in [2.75, 3.05) is 13.2 Å². The molecule has 0 bridgehead atoms. The Hall–Kier alpha value is -4.50. The zero-order valence-electron chi connectivity index (χ0n) is 23.8. The lowest BCUT2D eigenvalue weighted by Crippen LogP contribution is -2.39. The van der Waals surface area contributed by atoms with Gasteiger partial charge in [-0.3, -0.25) is 9.36 Å². The minimum atomic E-state index is -0.666. The number of ether oxygens (including phenoxy) is 3. The van der Waals surface area contributed by atoms with Gasteiger partial charge in [-0.2, -0.15) is 0 Å². The molecule has 1 aliphatic rings. The van der Waals surface area contributed by atoms with Crippen LogP contribution in [0.2, 0.25) is 0 Å². The molecule has 3 aromatic carbocycles. The fourth-order valence-electron chi connectivity index (χ4n) is 4.80. The first-order valence-electron chi connectivity index (χ1n) is 13.7. The Kier molecular flexibility index (Phi) is 8.68. The van der Waals surface area contributed by atoms with E-state index in [9.17, 15) is 14.0 Å². The van der Waals surface area contributed by atoms with Gasteiger partial charge in [0.25, 0.3) is 5.56 Å². The highest BCUT2D eigenvalue weighted by Crippen LogP contribution is 2.32. The number of allylic oxidation sites excluding steroid dienone is 1. The number of esters is 1. The molecule has 4 aromatic rings. The molecule has 0 fully saturated rings. The molecule has 0 radical (unpaired) electrons. The topological polar surface area (TPSA) is 79.1 Å². The van der Waals surface area contributed by atoms with E-state index in [-0.39, 0.29) is 24.6 Å². The van der Waals surface area contributed by atoms with E-state index in [0.717, 1.165) is 16.7 Å². The number of hydrogen-bond donors (Lipinski definition) is 0. The largest absolute Gasteiger partial charge is 0.490 e. The number of halogens is 1. The zero-order valence-corrected chi connectivity index (χ0v) is 24.7. The lowest BCUT2D eigenvalue weighted by atomic mass is 9.95. The zero-order chi connectivity index (χ0) is 29.8. The van der Waals surface area contributed by atoms with Crippen LogP contribution in [0, 0.1) is 12.7 Å². The number of benzene rings is 3. The lowest BCUT2D eigenvalue weighted by molar-refractivity contribution is -0.139. The van der Waals surface area contributed by atoms with Crippen molar-refractivity contribution in [3.63, 3.8) is 0 Å². The van der Waals surface area contributed by atoms with E-state index in [1.165, 1.54) is 23.5 Å². The fraction of sp³-hybridized carbons (Fsp3) is 0.242. The molecule has 0 amide bonds. The molecule has 1 aromatic heterocycles. The Morgan fingerprint density at radius 1 is 1.00 bits per heavy atom. The van der Waals surface area contributed by atoms with Gasteiger partial charge < -0.3 is 14.2 Å². The molecule has 42 heavy (non-hydrogen) atoms. The third-order valence-electron chi connectivity index (χ3n) is 6.76. The van der Waals surface area contributed by atoms with Gasteiger partial charge in [0.1, 0.15) is 12.4 Å². The highest BCUT2D eigenvalue weighted by atomic mass is 32.1. The molecule has 0 aliphatic carbocycles. The minimum Gasteiger partial charge on any atom is -0.490 e. The Bertz CT molecular complexity index is 1840. The molecule has 0 N–H and O–H groups in total. The molecule has 216 valence electrons. The van der Waals surface area contributed by atoms with E-state index >= 15 is 0 Å². The molecule has 1 aliphatic heterocycles. The number of aryl methyl sites for hydroxylation is 1. The SMILES string of the molecule is CCOC(=O)C1=C(C)N=c2s/c(=C/c3ccc(OCc4cccc(F)c4)c(OCC)c3)c(=O)n2[C@@H]1c1ccc(C)cc1. The van der Waals surface area contributed by atoms with E-state index in [1.54, 1.807) is 48.8 Å². The number of thiazole rings is 1. The van der Waals surface area contributed by atoms with Crippen molar-refractivity contribution >= 4 is 23.4 Å². The van der Waals surface area contributed by atoms with Crippen LogP contribution in [0.3, 0.4) is 0 Å². The summed E-state index contributed by atoms with van der Waals surface area (Å²) in [6, 6.07) is 18.7. The van der Waals surface area contributed by atoms with Gasteiger partial charge in [-0.1, -0.05) is 59.4 Å². The molecule has 0 unspecified atom stereocenters. The summed E-state index contributed by atoms with van der Waals surface area (Å²) in [6.07, 6.45) is 1.78. The Labute approximate surface area is 246 Å². The van der Waals surface area contributed by atoms with Gasteiger partial charge in [0.2, 0.25) is 0 Å². The molecule has 0 saturated carbocycles. The van der Waals surface area contributed by atoms with Gasteiger partial charge in [0, 0.05) is 0 Å². The summed E-state index contributed by atoms with van der Waals surface area (Å²) in [5.41, 5.74) is 3.90. The van der Waals surface area contributed by atoms with E-state index in [0.29, 0.717) is 44.3 Å². The molecule has 0 spiro atoms. The third kappa shape index (κ3) is 6.06. The molecule has 7 nitrogen and oxygen atoms in total. The third-order valence-corrected chi connectivity index (χ3v) is 7.74. The number of carbonyl (C=O) groups is 1. The number of nitrogens with zero attached hydrogens (tertiary/aromatic N) is 2. The normalized spacial score (nSPS) is 14.8. The second-order valence-corrected chi connectivity index (χ2v) is 10.8. The average molecular weight is 587 g/mol. The van der Waals surface area contributed by atoms with Crippen molar-refractivity contribution in [3.8, 4) is 11.5 Å². The Morgan fingerprint density at radius 3 is 2.50 bits per heavy atom. The summed E-state index contributed by atoms with van der Waals surface area (Å²) < 4.78 is 32.7. The van der Waals surface area contributed by atoms with Crippen LogP contribution in [0.25, 0.3) is 6.08 Å². The quantitative estimate of drug-likeness (QED) is 0.251. The number of rotatable bonds is 9. The van der Waals surface area contributed by atoms with Gasteiger partial charge in [0.15, 0.2) is 16.3 Å². The van der Waals surface area contributed by atoms with E-state index in [4.69, 9.17) is 14.2 Å². The highest BCUT2D eigenvalue weighted by Gasteiger charge is 2.33. The van der Waals surface area contributed by atoms with Crippen LogP contribution in [0.15, 0.2) is 87.8 Å². The summed E-state index contributed by atoms with van der Waals surface area (Å²) in [5.74, 6) is 0.197. The monoisotopic (exact) mass is 586 g/mol. The van der Waals surface area contributed by atoms with Gasteiger partial charge in [-0.05, 0) is 74.7 Å². The van der Waals surface area contributed by atoms with Crippen LogP contribution in [-0.2, 0) is 16.1 Å². The van der Waals surface area contributed by atoms with Crippen molar-refractivity contribution in [1.82, 2.24) is 4.57 Å². The maximum absolute atomic E-state index is 13.9. The number of fused-ring (bicyclic) bond motifs is 1. The van der Waals surface area contributed by atoms with Crippen LogP contribution in [0.1, 0.15) is 49.1 Å². The van der Waals surface area contributed by atoms with Crippen LogP contribution in [-0.4, -0.2) is 23.8 Å². The number of hydrogen-bond acceptors (Lipinski definition) is 7. The van der Waals surface area contributed by atoms with Gasteiger partial charge >= 0.3 is 5.97 Å². The minimum absolute atomic E-state index is 0.178. The van der Waals surface area contributed by atoms with Crippen LogP contribution >= 0.6 is 11.3 Å². The van der Waals surface area contributed by atoms with Gasteiger partial charge in [-0.25, -0.2) is 14.2 Å². The summed E-state index contributed by atoms with van der Waals surface area (Å²) in [7, 11) is 0. The predicted molar refractivity (Wildman–Crippen MR) is 160 cm³/mol. The van der Waals surface area contributed by atoms with Crippen molar-refractivity contribution in [2.24, 2.45) is 4.99 Å². The van der Waals surface area contributed by atoms with Crippen molar-refractivity contribution in [2.45, 2.75) is 40.3 Å². The van der Waals surface area contributed by atoms with Gasteiger partial charge in [-0.15, -0.1) is 0 Å². The molecule has 0 saturated heterocycles.